The maximum absolute atomic E-state index is 13.1. The van der Waals surface area contributed by atoms with Crippen molar-refractivity contribution in [1.82, 2.24) is 9.13 Å². The van der Waals surface area contributed by atoms with Crippen LogP contribution in [-0.4, -0.2) is 14.9 Å². The Balaban J connectivity index is 2.15. The summed E-state index contributed by atoms with van der Waals surface area (Å²) >= 11 is 1.58. The number of hydrogen-bond donors (Lipinski definition) is 1. The summed E-state index contributed by atoms with van der Waals surface area (Å²) in [5, 5.41) is 6.14. The van der Waals surface area contributed by atoms with E-state index in [0.29, 0.717) is 22.7 Å². The van der Waals surface area contributed by atoms with E-state index in [1.807, 2.05) is 36.6 Å². The molecule has 1 unspecified atom stereocenters. The highest BCUT2D eigenvalue weighted by Gasteiger charge is 2.36. The molecule has 1 N–H and O–H groups in total. The van der Waals surface area contributed by atoms with Gasteiger partial charge in [0.1, 0.15) is 5.82 Å². The van der Waals surface area contributed by atoms with Crippen LogP contribution in [0.4, 0.5) is 5.82 Å². The van der Waals surface area contributed by atoms with Crippen LogP contribution in [0.5, 0.6) is 0 Å². The third-order valence-electron chi connectivity index (χ3n) is 5.19. The fourth-order valence-electron chi connectivity index (χ4n) is 3.89. The summed E-state index contributed by atoms with van der Waals surface area (Å²) in [5.41, 5.74) is 1.78. The number of carbonyl (C=O) groups excluding carboxylic acids is 1. The van der Waals surface area contributed by atoms with Gasteiger partial charge in [-0.15, -0.1) is 11.3 Å². The fourth-order valence-corrected chi connectivity index (χ4v) is 4.87. The van der Waals surface area contributed by atoms with Crippen LogP contribution in [-0.2, 0) is 18.9 Å². The Hall–Kier alpha value is -2.93. The van der Waals surface area contributed by atoms with Gasteiger partial charge in [0.15, 0.2) is 5.78 Å². The number of Topliss-reactive ketones (excluding diaryl/α,β-unsaturated/α-hetero) is 1. The summed E-state index contributed by atoms with van der Waals surface area (Å²) < 4.78 is 3.62. The molecule has 4 rings (SSSR count). The van der Waals surface area contributed by atoms with Gasteiger partial charge in [0, 0.05) is 36.0 Å². The minimum atomic E-state index is -0.514. The zero-order valence-electron chi connectivity index (χ0n) is 15.5. The average molecular weight is 381 g/mol. The van der Waals surface area contributed by atoms with E-state index in [2.05, 4.69) is 5.32 Å². The number of nitrogens with one attached hydrogen (secondary N) is 1. The van der Waals surface area contributed by atoms with Crippen molar-refractivity contribution in [3.8, 4) is 0 Å². The van der Waals surface area contributed by atoms with Crippen molar-refractivity contribution in [2.75, 3.05) is 5.32 Å². The lowest BCUT2D eigenvalue weighted by atomic mass is 9.80. The van der Waals surface area contributed by atoms with Crippen LogP contribution in [0.15, 0.2) is 50.5 Å². The number of aromatic nitrogens is 2. The van der Waals surface area contributed by atoms with Crippen LogP contribution in [0.3, 0.4) is 0 Å². The van der Waals surface area contributed by atoms with Crippen LogP contribution in [0, 0.1) is 0 Å². The molecule has 7 heteroatoms. The Morgan fingerprint density at radius 1 is 1.15 bits per heavy atom. The molecular weight excluding hydrogens is 362 g/mol. The molecule has 1 aromatic carbocycles. The molecule has 0 saturated carbocycles. The second kappa shape index (κ2) is 6.06. The fraction of sp³-hybridized carbons (Fsp3) is 0.250. The molecule has 27 heavy (non-hydrogen) atoms. The molecule has 0 amide bonds. The molecule has 0 fully saturated rings. The van der Waals surface area contributed by atoms with E-state index < -0.39 is 11.6 Å². The van der Waals surface area contributed by atoms with Gasteiger partial charge in [0.25, 0.3) is 5.56 Å². The lowest BCUT2D eigenvalue weighted by molar-refractivity contribution is -0.113. The highest BCUT2D eigenvalue weighted by molar-refractivity contribution is 7.17. The summed E-state index contributed by atoms with van der Waals surface area (Å²) in [4.78, 5) is 38.0. The molecule has 138 valence electrons. The van der Waals surface area contributed by atoms with Crippen LogP contribution in [0.25, 0.3) is 10.1 Å². The van der Waals surface area contributed by atoms with E-state index in [1.54, 1.807) is 18.4 Å². The Bertz CT molecular complexity index is 1260. The number of thiophene rings is 1. The molecule has 1 atom stereocenters. The van der Waals surface area contributed by atoms with Crippen molar-refractivity contribution in [1.29, 1.82) is 0 Å². The van der Waals surface area contributed by atoms with Gasteiger partial charge in [-0.2, -0.15) is 0 Å². The number of carbonyl (C=O) groups is 1. The van der Waals surface area contributed by atoms with Gasteiger partial charge in [-0.25, -0.2) is 4.79 Å². The van der Waals surface area contributed by atoms with Gasteiger partial charge < -0.3 is 5.32 Å². The highest BCUT2D eigenvalue weighted by atomic mass is 32.1. The first-order valence-corrected chi connectivity index (χ1v) is 9.45. The normalized spacial score (nSPS) is 16.4. The van der Waals surface area contributed by atoms with Crippen LogP contribution in [0.1, 0.15) is 30.9 Å². The van der Waals surface area contributed by atoms with Gasteiger partial charge >= 0.3 is 5.69 Å². The predicted molar refractivity (Wildman–Crippen MR) is 108 cm³/mol. The van der Waals surface area contributed by atoms with Crippen molar-refractivity contribution >= 4 is 33.0 Å². The summed E-state index contributed by atoms with van der Waals surface area (Å²) in [7, 11) is 3.09. The second-order valence-corrected chi connectivity index (χ2v) is 7.72. The van der Waals surface area contributed by atoms with Gasteiger partial charge in [0.05, 0.1) is 5.56 Å². The van der Waals surface area contributed by atoms with Crippen LogP contribution < -0.4 is 16.6 Å². The van der Waals surface area contributed by atoms with E-state index in [1.165, 1.54) is 18.5 Å². The molecule has 0 aliphatic carbocycles. The molecule has 2 aromatic heterocycles. The van der Waals surface area contributed by atoms with Crippen molar-refractivity contribution < 1.29 is 4.79 Å². The Morgan fingerprint density at radius 2 is 1.85 bits per heavy atom. The van der Waals surface area contributed by atoms with E-state index >= 15 is 0 Å². The van der Waals surface area contributed by atoms with Crippen LogP contribution >= 0.6 is 11.3 Å². The molecular formula is C20H19N3O3S. The molecule has 0 spiro atoms. The number of fused-ring (bicyclic) bond motifs is 2. The number of benzene rings is 1. The van der Waals surface area contributed by atoms with Crippen LogP contribution in [0.2, 0.25) is 0 Å². The third-order valence-corrected chi connectivity index (χ3v) is 6.17. The lowest BCUT2D eigenvalue weighted by Crippen LogP contribution is -2.43. The lowest BCUT2D eigenvalue weighted by Gasteiger charge is -2.30. The van der Waals surface area contributed by atoms with Crippen molar-refractivity contribution in [2.24, 2.45) is 14.1 Å². The van der Waals surface area contributed by atoms with Gasteiger partial charge in [0.2, 0.25) is 0 Å². The molecule has 3 aromatic rings. The summed E-state index contributed by atoms with van der Waals surface area (Å²) in [5.74, 6) is -0.159. The summed E-state index contributed by atoms with van der Waals surface area (Å²) in [6.07, 6.45) is 0. The topological polar surface area (TPSA) is 73.1 Å². The number of ketones is 1. The van der Waals surface area contributed by atoms with Gasteiger partial charge in [-0.3, -0.25) is 18.7 Å². The SMILES string of the molecule is CC(=O)C1=C(C)Nc2c(c(=O)n(C)c(=O)n2C)C1c1csc2ccccc12. The van der Waals surface area contributed by atoms with E-state index in [4.69, 9.17) is 0 Å². The smallest absolute Gasteiger partial charge is 0.332 e. The monoisotopic (exact) mass is 381 g/mol. The molecule has 1 aliphatic rings. The zero-order chi connectivity index (χ0) is 19.5. The number of allylic oxidation sites excluding steroid dienone is 2. The second-order valence-electron chi connectivity index (χ2n) is 6.81. The molecule has 0 saturated heterocycles. The maximum Gasteiger partial charge on any atom is 0.332 e. The number of hydrogen-bond acceptors (Lipinski definition) is 5. The maximum atomic E-state index is 13.1. The number of rotatable bonds is 2. The molecule has 0 bridgehead atoms. The molecule has 6 nitrogen and oxygen atoms in total. The summed E-state index contributed by atoms with van der Waals surface area (Å²) in [6.45, 7) is 3.32. The van der Waals surface area contributed by atoms with E-state index in [9.17, 15) is 14.4 Å². The van der Waals surface area contributed by atoms with E-state index in [0.717, 1.165) is 20.2 Å². The predicted octanol–water partition coefficient (Wildman–Crippen LogP) is 2.72. The molecule has 1 aliphatic heterocycles. The van der Waals surface area contributed by atoms with Crippen molar-refractivity contribution in [3.63, 3.8) is 0 Å². The van der Waals surface area contributed by atoms with Crippen molar-refractivity contribution in [2.45, 2.75) is 19.8 Å². The average Bonchev–Trinajstić information content (AvgIpc) is 3.07. The first kappa shape index (κ1) is 17.5. The highest BCUT2D eigenvalue weighted by Crippen LogP contribution is 2.43. The molecule has 3 heterocycles. The number of nitrogens with zero attached hydrogens (tertiary/aromatic N) is 2. The van der Waals surface area contributed by atoms with Gasteiger partial charge in [-0.05, 0) is 36.2 Å². The summed E-state index contributed by atoms with van der Waals surface area (Å²) in [6, 6.07) is 7.94. The largest absolute Gasteiger partial charge is 0.344 e. The standard InChI is InChI=1S/C20H19N3O3S/c1-10-15(11(2)24)16(13-9-27-14-8-6-5-7-12(13)14)17-18(21-10)22(3)20(26)23(4)19(17)25/h5-9,16,21H,1-4H3. The first-order chi connectivity index (χ1) is 12.8. The Kier molecular flexibility index (Phi) is 3.92. The Morgan fingerprint density at radius 3 is 2.56 bits per heavy atom. The number of anilines is 1. The molecule has 0 radical (unpaired) electrons. The zero-order valence-corrected chi connectivity index (χ0v) is 16.3. The van der Waals surface area contributed by atoms with E-state index in [-0.39, 0.29) is 11.3 Å². The first-order valence-electron chi connectivity index (χ1n) is 8.57. The Labute approximate surface area is 159 Å². The quantitative estimate of drug-likeness (QED) is 0.741. The third kappa shape index (κ3) is 2.42. The van der Waals surface area contributed by atoms with Gasteiger partial charge in [-0.1, -0.05) is 18.2 Å². The minimum absolute atomic E-state index is 0.0955. The van der Waals surface area contributed by atoms with Crippen molar-refractivity contribution in [3.05, 3.63) is 72.9 Å². The minimum Gasteiger partial charge on any atom is -0.344 e.